The summed E-state index contributed by atoms with van der Waals surface area (Å²) in [7, 11) is 0. The second kappa shape index (κ2) is 3.48. The van der Waals surface area contributed by atoms with Gasteiger partial charge in [-0.25, -0.2) is 0 Å². The van der Waals surface area contributed by atoms with Crippen molar-refractivity contribution in [2.45, 2.75) is 12.5 Å². The molecule has 1 aliphatic heterocycles. The molecule has 4 heteroatoms. The molecule has 70 valence electrons. The van der Waals surface area contributed by atoms with Crippen LogP contribution >= 0.6 is 27.5 Å². The molecular weight excluding hydrogens is 255 g/mol. The van der Waals surface area contributed by atoms with Gasteiger partial charge in [0.15, 0.2) is 0 Å². The van der Waals surface area contributed by atoms with Crippen LogP contribution in [0.1, 0.15) is 18.1 Å². The highest BCUT2D eigenvalue weighted by Crippen LogP contribution is 2.41. The SMILES string of the molecule is OC1CCOc2c1ccc(Cl)c2Br. The third-order valence-corrected chi connectivity index (χ3v) is 3.41. The van der Waals surface area contributed by atoms with E-state index in [1.54, 1.807) is 12.1 Å². The van der Waals surface area contributed by atoms with Gasteiger partial charge in [0.1, 0.15) is 5.75 Å². The number of benzene rings is 1. The average molecular weight is 264 g/mol. The van der Waals surface area contributed by atoms with Gasteiger partial charge in [-0.15, -0.1) is 0 Å². The second-order valence-electron chi connectivity index (χ2n) is 2.93. The summed E-state index contributed by atoms with van der Waals surface area (Å²) in [6, 6.07) is 3.55. The van der Waals surface area contributed by atoms with Crippen LogP contribution < -0.4 is 4.74 Å². The number of aliphatic hydroxyl groups is 1. The summed E-state index contributed by atoms with van der Waals surface area (Å²) in [5, 5.41) is 10.2. The van der Waals surface area contributed by atoms with Crippen LogP contribution in [-0.4, -0.2) is 11.7 Å². The van der Waals surface area contributed by atoms with E-state index in [1.807, 2.05) is 0 Å². The number of rotatable bonds is 0. The Labute approximate surface area is 89.6 Å². The molecule has 1 aromatic rings. The predicted molar refractivity (Wildman–Crippen MR) is 54.2 cm³/mol. The molecule has 0 saturated carbocycles. The molecule has 0 radical (unpaired) electrons. The Kier molecular flexibility index (Phi) is 2.49. The quantitative estimate of drug-likeness (QED) is 0.780. The number of hydrogen-bond donors (Lipinski definition) is 1. The van der Waals surface area contributed by atoms with Gasteiger partial charge in [0.25, 0.3) is 0 Å². The molecule has 1 aromatic carbocycles. The Morgan fingerprint density at radius 3 is 3.08 bits per heavy atom. The Hall–Kier alpha value is -0.250. The van der Waals surface area contributed by atoms with Gasteiger partial charge >= 0.3 is 0 Å². The fourth-order valence-corrected chi connectivity index (χ4v) is 2.01. The minimum absolute atomic E-state index is 0.433. The number of fused-ring (bicyclic) bond motifs is 1. The molecule has 2 rings (SSSR count). The lowest BCUT2D eigenvalue weighted by molar-refractivity contribution is 0.115. The number of halogens is 2. The molecule has 0 aromatic heterocycles. The van der Waals surface area contributed by atoms with Crippen LogP contribution in [0, 0.1) is 0 Å². The highest BCUT2D eigenvalue weighted by molar-refractivity contribution is 9.10. The zero-order valence-corrected chi connectivity index (χ0v) is 9.10. The first-order chi connectivity index (χ1) is 6.20. The van der Waals surface area contributed by atoms with Crippen LogP contribution in [0.4, 0.5) is 0 Å². The summed E-state index contributed by atoms with van der Waals surface area (Å²) >= 11 is 9.21. The van der Waals surface area contributed by atoms with Crippen LogP contribution in [0.3, 0.4) is 0 Å². The van der Waals surface area contributed by atoms with Crippen molar-refractivity contribution in [1.29, 1.82) is 0 Å². The Morgan fingerprint density at radius 1 is 1.54 bits per heavy atom. The maximum atomic E-state index is 9.63. The van der Waals surface area contributed by atoms with E-state index in [9.17, 15) is 5.11 Å². The van der Waals surface area contributed by atoms with Crippen LogP contribution in [0.25, 0.3) is 0 Å². The van der Waals surface area contributed by atoms with Crippen LogP contribution in [0.2, 0.25) is 5.02 Å². The van der Waals surface area contributed by atoms with Crippen molar-refractivity contribution in [3.05, 3.63) is 27.2 Å². The van der Waals surface area contributed by atoms with Gasteiger partial charge in [0, 0.05) is 12.0 Å². The highest BCUT2D eigenvalue weighted by Gasteiger charge is 2.22. The first kappa shape index (κ1) is 9.31. The van der Waals surface area contributed by atoms with E-state index in [0.717, 1.165) is 10.0 Å². The number of hydrogen-bond acceptors (Lipinski definition) is 2. The lowest BCUT2D eigenvalue weighted by Crippen LogP contribution is -2.14. The van der Waals surface area contributed by atoms with E-state index >= 15 is 0 Å². The number of aliphatic hydroxyl groups excluding tert-OH is 1. The molecule has 13 heavy (non-hydrogen) atoms. The van der Waals surface area contributed by atoms with Gasteiger partial charge in [-0.1, -0.05) is 17.7 Å². The lowest BCUT2D eigenvalue weighted by atomic mass is 10.0. The highest BCUT2D eigenvalue weighted by atomic mass is 79.9. The fraction of sp³-hybridized carbons (Fsp3) is 0.333. The minimum Gasteiger partial charge on any atom is -0.492 e. The first-order valence-electron chi connectivity index (χ1n) is 3.99. The summed E-state index contributed by atoms with van der Waals surface area (Å²) in [6.45, 7) is 0.535. The van der Waals surface area contributed by atoms with Gasteiger partial charge < -0.3 is 9.84 Å². The molecule has 0 amide bonds. The van der Waals surface area contributed by atoms with E-state index in [2.05, 4.69) is 15.9 Å². The molecule has 0 bridgehead atoms. The maximum Gasteiger partial charge on any atom is 0.140 e. The van der Waals surface area contributed by atoms with Gasteiger partial charge in [-0.2, -0.15) is 0 Å². The maximum absolute atomic E-state index is 9.63. The Balaban J connectivity index is 2.56. The molecule has 1 unspecified atom stereocenters. The third kappa shape index (κ3) is 1.56. The van der Waals surface area contributed by atoms with Crippen LogP contribution in [0.15, 0.2) is 16.6 Å². The zero-order chi connectivity index (χ0) is 9.42. The van der Waals surface area contributed by atoms with Crippen molar-refractivity contribution in [3.8, 4) is 5.75 Å². The van der Waals surface area contributed by atoms with E-state index in [1.165, 1.54) is 0 Å². The van der Waals surface area contributed by atoms with Gasteiger partial charge in [0.05, 0.1) is 22.2 Å². The molecule has 2 nitrogen and oxygen atoms in total. The average Bonchev–Trinajstić information content (AvgIpc) is 2.12. The van der Waals surface area contributed by atoms with Crippen molar-refractivity contribution in [2.24, 2.45) is 0 Å². The first-order valence-corrected chi connectivity index (χ1v) is 5.16. The van der Waals surface area contributed by atoms with E-state index in [-0.39, 0.29) is 0 Å². The topological polar surface area (TPSA) is 29.5 Å². The smallest absolute Gasteiger partial charge is 0.140 e. The summed E-state index contributed by atoms with van der Waals surface area (Å²) in [5.41, 5.74) is 0.808. The van der Waals surface area contributed by atoms with Gasteiger partial charge in [-0.05, 0) is 22.0 Å². The summed E-state index contributed by atoms with van der Waals surface area (Å²) < 4.78 is 6.14. The molecule has 0 saturated heterocycles. The van der Waals surface area contributed by atoms with E-state index in [4.69, 9.17) is 16.3 Å². The molecule has 1 heterocycles. The molecule has 1 aliphatic rings. The van der Waals surface area contributed by atoms with E-state index < -0.39 is 6.10 Å². The monoisotopic (exact) mass is 262 g/mol. The second-order valence-corrected chi connectivity index (χ2v) is 4.13. The molecule has 0 spiro atoms. The minimum atomic E-state index is -0.433. The molecule has 1 N–H and O–H groups in total. The number of ether oxygens (including phenoxy) is 1. The molecule has 1 atom stereocenters. The van der Waals surface area contributed by atoms with Gasteiger partial charge in [0.2, 0.25) is 0 Å². The molecular formula is C9H8BrClO2. The summed E-state index contributed by atoms with van der Waals surface area (Å²) in [6.07, 6.45) is 0.207. The molecule has 0 fully saturated rings. The van der Waals surface area contributed by atoms with Crippen molar-refractivity contribution < 1.29 is 9.84 Å². The largest absolute Gasteiger partial charge is 0.492 e. The Morgan fingerprint density at radius 2 is 2.31 bits per heavy atom. The summed E-state index contributed by atoms with van der Waals surface area (Å²) in [4.78, 5) is 0. The van der Waals surface area contributed by atoms with E-state index in [0.29, 0.717) is 23.8 Å². The fourth-order valence-electron chi connectivity index (χ4n) is 1.38. The van der Waals surface area contributed by atoms with Crippen LogP contribution in [-0.2, 0) is 0 Å². The van der Waals surface area contributed by atoms with Crippen molar-refractivity contribution in [1.82, 2.24) is 0 Å². The third-order valence-electron chi connectivity index (χ3n) is 2.08. The van der Waals surface area contributed by atoms with Crippen molar-refractivity contribution >= 4 is 27.5 Å². The van der Waals surface area contributed by atoms with Crippen LogP contribution in [0.5, 0.6) is 5.75 Å². The predicted octanol–water partition coefficient (Wildman–Crippen LogP) is 2.92. The lowest BCUT2D eigenvalue weighted by Gasteiger charge is -2.23. The van der Waals surface area contributed by atoms with Gasteiger partial charge in [-0.3, -0.25) is 0 Å². The standard InChI is InChI=1S/C9H8BrClO2/c10-8-6(11)2-1-5-7(12)3-4-13-9(5)8/h1-2,7,12H,3-4H2. The van der Waals surface area contributed by atoms with Crippen molar-refractivity contribution in [3.63, 3.8) is 0 Å². The molecule has 0 aliphatic carbocycles. The summed E-state index contributed by atoms with van der Waals surface area (Å²) in [5.74, 6) is 0.672. The van der Waals surface area contributed by atoms with Crippen molar-refractivity contribution in [2.75, 3.05) is 6.61 Å². The zero-order valence-electron chi connectivity index (χ0n) is 6.76. The Bertz CT molecular complexity index is 341. The normalized spacial score (nSPS) is 20.7.